The Labute approximate surface area is 190 Å². The van der Waals surface area contributed by atoms with Crippen LogP contribution in [0.1, 0.15) is 99.3 Å². The lowest BCUT2D eigenvalue weighted by molar-refractivity contribution is 0.0611. The van der Waals surface area contributed by atoms with Gasteiger partial charge in [-0.1, -0.05) is 44.4 Å². The van der Waals surface area contributed by atoms with Gasteiger partial charge < -0.3 is 15.3 Å². The van der Waals surface area contributed by atoms with Gasteiger partial charge in [0.15, 0.2) is 0 Å². The summed E-state index contributed by atoms with van der Waals surface area (Å²) in [5.74, 6) is 2.04. The molecule has 0 radical (unpaired) electrons. The van der Waals surface area contributed by atoms with Crippen molar-refractivity contribution in [2.45, 2.75) is 117 Å². The summed E-state index contributed by atoms with van der Waals surface area (Å²) in [4.78, 5) is 0. The largest absolute Gasteiger partial charge is 0.393 e. The van der Waals surface area contributed by atoms with Gasteiger partial charge in [-0.25, -0.2) is 0 Å². The molecule has 0 aromatic heterocycles. The van der Waals surface area contributed by atoms with E-state index in [9.17, 15) is 15.3 Å². The number of fused-ring (bicyclic) bond motifs is 1. The van der Waals surface area contributed by atoms with Crippen LogP contribution in [-0.4, -0.2) is 33.1 Å². The van der Waals surface area contributed by atoms with E-state index in [1.165, 1.54) is 43.3 Å². The fourth-order valence-corrected chi connectivity index (χ4v) is 6.82. The Morgan fingerprint density at radius 3 is 2.55 bits per heavy atom. The highest BCUT2D eigenvalue weighted by atomic mass is 16.3. The zero-order chi connectivity index (χ0) is 23.0. The summed E-state index contributed by atoms with van der Waals surface area (Å²) in [6.45, 7) is 13.1. The average Bonchev–Trinajstić information content (AvgIpc) is 3.01. The van der Waals surface area contributed by atoms with Crippen molar-refractivity contribution in [2.24, 2.45) is 23.2 Å². The Hall–Kier alpha value is -0.900. The number of aliphatic hydroxyl groups excluding tert-OH is 2. The van der Waals surface area contributed by atoms with Crippen LogP contribution < -0.4 is 0 Å². The Morgan fingerprint density at radius 1 is 1.16 bits per heavy atom. The van der Waals surface area contributed by atoms with Gasteiger partial charge in [-0.05, 0) is 106 Å². The van der Waals surface area contributed by atoms with Crippen LogP contribution in [0.3, 0.4) is 0 Å². The van der Waals surface area contributed by atoms with E-state index in [1.54, 1.807) is 0 Å². The monoisotopic (exact) mass is 430 g/mol. The van der Waals surface area contributed by atoms with Crippen molar-refractivity contribution >= 4 is 0 Å². The lowest BCUT2D eigenvalue weighted by Gasteiger charge is -2.44. The summed E-state index contributed by atoms with van der Waals surface area (Å²) in [6, 6.07) is 0. The normalized spacial score (nSPS) is 35.8. The summed E-state index contributed by atoms with van der Waals surface area (Å²) in [5.41, 5.74) is 4.94. The van der Waals surface area contributed by atoms with E-state index in [0.29, 0.717) is 30.1 Å². The lowest BCUT2D eigenvalue weighted by Crippen LogP contribution is -2.36. The molecule has 31 heavy (non-hydrogen) atoms. The highest BCUT2D eigenvalue weighted by Crippen LogP contribution is 2.60. The fourth-order valence-electron chi connectivity index (χ4n) is 6.82. The Kier molecular flexibility index (Phi) is 7.61. The predicted octanol–water partition coefficient (Wildman–Crippen LogP) is 6.09. The highest BCUT2D eigenvalue weighted by molar-refractivity contribution is 5.39. The van der Waals surface area contributed by atoms with Crippen LogP contribution in [0.25, 0.3) is 0 Å². The molecule has 0 heterocycles. The molecule has 6 unspecified atom stereocenters. The molecule has 3 nitrogen and oxygen atoms in total. The van der Waals surface area contributed by atoms with Crippen molar-refractivity contribution in [3.05, 3.63) is 34.4 Å². The van der Waals surface area contributed by atoms with Crippen molar-refractivity contribution in [3.63, 3.8) is 0 Å². The molecule has 3 N–H and O–H groups in total. The Balaban J connectivity index is 1.74. The van der Waals surface area contributed by atoms with Crippen molar-refractivity contribution in [1.29, 1.82) is 0 Å². The summed E-state index contributed by atoms with van der Waals surface area (Å²) in [5, 5.41) is 30.4. The summed E-state index contributed by atoms with van der Waals surface area (Å²) < 4.78 is 0. The molecule has 0 saturated heterocycles. The van der Waals surface area contributed by atoms with Crippen LogP contribution in [0, 0.1) is 23.2 Å². The summed E-state index contributed by atoms with van der Waals surface area (Å²) >= 11 is 0. The lowest BCUT2D eigenvalue weighted by atomic mass is 9.60. The zero-order valence-electron chi connectivity index (χ0n) is 20.7. The quantitative estimate of drug-likeness (QED) is 0.458. The van der Waals surface area contributed by atoms with Crippen LogP contribution >= 0.6 is 0 Å². The second-order valence-corrected chi connectivity index (χ2v) is 11.8. The van der Waals surface area contributed by atoms with Gasteiger partial charge in [0.05, 0.1) is 17.8 Å². The van der Waals surface area contributed by atoms with Crippen LogP contribution in [-0.2, 0) is 0 Å². The molecule has 0 amide bonds. The summed E-state index contributed by atoms with van der Waals surface area (Å²) in [7, 11) is 0. The van der Waals surface area contributed by atoms with E-state index in [4.69, 9.17) is 0 Å². The van der Waals surface area contributed by atoms with Crippen LogP contribution in [0.2, 0.25) is 0 Å². The van der Waals surface area contributed by atoms with Gasteiger partial charge in [-0.3, -0.25) is 0 Å². The molecule has 0 spiro atoms. The minimum atomic E-state index is -0.558. The Bertz CT molecular complexity index is 738. The number of hydrogen-bond acceptors (Lipinski definition) is 3. The fraction of sp³-hybridized carbons (Fsp3) is 0.786. The first-order chi connectivity index (χ1) is 14.4. The van der Waals surface area contributed by atoms with Crippen molar-refractivity contribution in [3.8, 4) is 0 Å². The molecule has 3 heteroatoms. The van der Waals surface area contributed by atoms with E-state index < -0.39 is 17.8 Å². The SMILES string of the molecule is CC1=C(/C=C/C2=C(C)C(O)CC(O)C2)C2CCC(C(C)CCCC(C)(C)O)C2(C)CC1. The van der Waals surface area contributed by atoms with Crippen LogP contribution in [0.15, 0.2) is 34.4 Å². The molecule has 3 rings (SSSR count). The van der Waals surface area contributed by atoms with Gasteiger partial charge in [0.1, 0.15) is 0 Å². The van der Waals surface area contributed by atoms with Crippen molar-refractivity contribution < 1.29 is 15.3 Å². The highest BCUT2D eigenvalue weighted by Gasteiger charge is 2.50. The minimum absolute atomic E-state index is 0.350. The average molecular weight is 431 g/mol. The predicted molar refractivity (Wildman–Crippen MR) is 129 cm³/mol. The van der Waals surface area contributed by atoms with Gasteiger partial charge in [0.2, 0.25) is 0 Å². The first-order valence-electron chi connectivity index (χ1n) is 12.6. The van der Waals surface area contributed by atoms with Crippen molar-refractivity contribution in [1.82, 2.24) is 0 Å². The van der Waals surface area contributed by atoms with Crippen molar-refractivity contribution in [2.75, 3.05) is 0 Å². The first kappa shape index (κ1) is 24.7. The molecule has 0 aromatic carbocycles. The Morgan fingerprint density at radius 2 is 1.87 bits per heavy atom. The maximum absolute atomic E-state index is 10.2. The molecule has 176 valence electrons. The maximum atomic E-state index is 10.2. The number of allylic oxidation sites excluding steroid dienone is 4. The standard InChI is InChI=1S/C28H46O3/c1-18-13-15-28(6)24(19(2)8-7-14-27(4,5)31)11-12-25(28)23(18)10-9-21-16-22(29)17-26(30)20(21)3/h9-10,19,22,24-26,29-31H,7-8,11-17H2,1-6H3/b10-9+. The van der Waals surface area contributed by atoms with Gasteiger partial charge in [-0.2, -0.15) is 0 Å². The van der Waals surface area contributed by atoms with E-state index >= 15 is 0 Å². The third kappa shape index (κ3) is 5.54. The van der Waals surface area contributed by atoms with Gasteiger partial charge >= 0.3 is 0 Å². The van der Waals surface area contributed by atoms with Gasteiger partial charge in [0.25, 0.3) is 0 Å². The molecule has 6 atom stereocenters. The van der Waals surface area contributed by atoms with Crippen LogP contribution in [0.4, 0.5) is 0 Å². The molecular formula is C28H46O3. The molecule has 1 saturated carbocycles. The number of aliphatic hydroxyl groups is 3. The molecular weight excluding hydrogens is 384 g/mol. The topological polar surface area (TPSA) is 60.7 Å². The second kappa shape index (κ2) is 9.53. The van der Waals surface area contributed by atoms with E-state index in [-0.39, 0.29) is 0 Å². The number of rotatable bonds is 7. The third-order valence-electron chi connectivity index (χ3n) is 8.87. The van der Waals surface area contributed by atoms with E-state index in [2.05, 4.69) is 32.9 Å². The van der Waals surface area contributed by atoms with Gasteiger partial charge in [-0.15, -0.1) is 0 Å². The van der Waals surface area contributed by atoms with E-state index in [1.807, 2.05) is 20.8 Å². The molecule has 0 aromatic rings. The van der Waals surface area contributed by atoms with Crippen LogP contribution in [0.5, 0.6) is 0 Å². The molecule has 3 aliphatic rings. The first-order valence-corrected chi connectivity index (χ1v) is 12.6. The minimum Gasteiger partial charge on any atom is -0.393 e. The zero-order valence-corrected chi connectivity index (χ0v) is 20.7. The van der Waals surface area contributed by atoms with E-state index in [0.717, 1.165) is 29.9 Å². The maximum Gasteiger partial charge on any atom is 0.0777 e. The molecule has 1 fully saturated rings. The van der Waals surface area contributed by atoms with Gasteiger partial charge in [0, 0.05) is 6.42 Å². The number of hydrogen-bond donors (Lipinski definition) is 3. The molecule has 0 aliphatic heterocycles. The second-order valence-electron chi connectivity index (χ2n) is 11.8. The summed E-state index contributed by atoms with van der Waals surface area (Å²) in [6.07, 6.45) is 12.8. The smallest absolute Gasteiger partial charge is 0.0777 e. The molecule has 3 aliphatic carbocycles. The third-order valence-corrected chi connectivity index (χ3v) is 8.87. The molecule has 0 bridgehead atoms.